The van der Waals surface area contributed by atoms with Gasteiger partial charge in [-0.15, -0.1) is 0 Å². The maximum Gasteiger partial charge on any atom is 0.227 e. The molecule has 0 N–H and O–H groups in total. The lowest BCUT2D eigenvalue weighted by atomic mass is 10.0. The molecule has 1 aromatic carbocycles. The van der Waals surface area contributed by atoms with Crippen molar-refractivity contribution < 1.29 is 9.53 Å². The number of hydrogen-bond acceptors (Lipinski definition) is 3. The van der Waals surface area contributed by atoms with Crippen molar-refractivity contribution in [3.63, 3.8) is 0 Å². The van der Waals surface area contributed by atoms with Crippen LogP contribution in [0.2, 0.25) is 0 Å². The van der Waals surface area contributed by atoms with Crippen molar-refractivity contribution >= 4 is 5.91 Å². The molecular formula is C17H23N3O2. The third-order valence-electron chi connectivity index (χ3n) is 3.96. The lowest BCUT2D eigenvalue weighted by molar-refractivity contribution is -0.136. The largest absolute Gasteiger partial charge is 0.496 e. The second-order valence-electron chi connectivity index (χ2n) is 5.50. The minimum Gasteiger partial charge on any atom is -0.496 e. The summed E-state index contributed by atoms with van der Waals surface area (Å²) in [5.41, 5.74) is 1.01. The van der Waals surface area contributed by atoms with Gasteiger partial charge in [-0.05, 0) is 19.1 Å². The molecule has 0 saturated heterocycles. The standard InChI is InChI=1S/C17H23N3O2/c1-13(12-20-11-7-10-18-20)17(21)19(3)14(2)15-8-5-6-9-16(15)22-4/h5-11,13-14H,12H2,1-4H3. The van der Waals surface area contributed by atoms with Gasteiger partial charge in [0.05, 0.1) is 25.6 Å². The molecule has 0 bridgehead atoms. The number of hydrogen-bond donors (Lipinski definition) is 0. The van der Waals surface area contributed by atoms with Crippen molar-refractivity contribution in [2.75, 3.05) is 14.2 Å². The van der Waals surface area contributed by atoms with Gasteiger partial charge in [0, 0.05) is 25.0 Å². The molecule has 0 aliphatic heterocycles. The smallest absolute Gasteiger partial charge is 0.227 e. The van der Waals surface area contributed by atoms with Gasteiger partial charge in [0.25, 0.3) is 0 Å². The first-order chi connectivity index (χ1) is 10.5. The molecule has 5 nitrogen and oxygen atoms in total. The Morgan fingerprint density at radius 3 is 2.68 bits per heavy atom. The van der Waals surface area contributed by atoms with Gasteiger partial charge >= 0.3 is 0 Å². The van der Waals surface area contributed by atoms with E-state index in [0.717, 1.165) is 11.3 Å². The van der Waals surface area contributed by atoms with Gasteiger partial charge in [-0.2, -0.15) is 5.10 Å². The summed E-state index contributed by atoms with van der Waals surface area (Å²) in [6, 6.07) is 9.60. The quantitative estimate of drug-likeness (QED) is 0.824. The van der Waals surface area contributed by atoms with E-state index >= 15 is 0 Å². The molecule has 22 heavy (non-hydrogen) atoms. The summed E-state index contributed by atoms with van der Waals surface area (Å²) in [4.78, 5) is 14.4. The van der Waals surface area contributed by atoms with Crippen LogP contribution in [0.25, 0.3) is 0 Å². The summed E-state index contributed by atoms with van der Waals surface area (Å²) < 4.78 is 7.17. The monoisotopic (exact) mass is 301 g/mol. The molecular weight excluding hydrogens is 278 g/mol. The molecule has 5 heteroatoms. The number of rotatable bonds is 6. The fourth-order valence-electron chi connectivity index (χ4n) is 2.53. The SMILES string of the molecule is COc1ccccc1C(C)N(C)C(=O)C(C)Cn1cccn1. The van der Waals surface area contributed by atoms with Crippen molar-refractivity contribution in [3.05, 3.63) is 48.3 Å². The van der Waals surface area contributed by atoms with Gasteiger partial charge in [0.1, 0.15) is 5.75 Å². The maximum atomic E-state index is 12.6. The topological polar surface area (TPSA) is 47.4 Å². The summed E-state index contributed by atoms with van der Waals surface area (Å²) >= 11 is 0. The molecule has 2 aromatic rings. The van der Waals surface area contributed by atoms with E-state index in [9.17, 15) is 4.79 Å². The van der Waals surface area contributed by atoms with Crippen LogP contribution in [0.5, 0.6) is 5.75 Å². The van der Waals surface area contributed by atoms with E-state index in [-0.39, 0.29) is 17.9 Å². The molecule has 2 unspecified atom stereocenters. The summed E-state index contributed by atoms with van der Waals surface area (Å²) in [6.07, 6.45) is 3.59. The fourth-order valence-corrected chi connectivity index (χ4v) is 2.53. The first-order valence-electron chi connectivity index (χ1n) is 7.41. The summed E-state index contributed by atoms with van der Waals surface area (Å²) in [5.74, 6) is 0.755. The number of amides is 1. The molecule has 0 saturated carbocycles. The number of methoxy groups -OCH3 is 1. The van der Waals surface area contributed by atoms with E-state index in [2.05, 4.69) is 5.10 Å². The highest BCUT2D eigenvalue weighted by atomic mass is 16.5. The highest BCUT2D eigenvalue weighted by Gasteiger charge is 2.24. The molecule has 1 aromatic heterocycles. The minimum atomic E-state index is -0.137. The summed E-state index contributed by atoms with van der Waals surface area (Å²) in [6.45, 7) is 4.51. The summed E-state index contributed by atoms with van der Waals surface area (Å²) in [7, 11) is 3.48. The van der Waals surface area contributed by atoms with Gasteiger partial charge < -0.3 is 9.64 Å². The van der Waals surface area contributed by atoms with Crippen LogP contribution in [0.1, 0.15) is 25.5 Å². The Morgan fingerprint density at radius 1 is 1.32 bits per heavy atom. The number of nitrogens with zero attached hydrogens (tertiary/aromatic N) is 3. The molecule has 2 atom stereocenters. The lowest BCUT2D eigenvalue weighted by Crippen LogP contribution is -2.35. The first-order valence-corrected chi connectivity index (χ1v) is 7.41. The highest BCUT2D eigenvalue weighted by Crippen LogP contribution is 2.28. The van der Waals surface area contributed by atoms with E-state index in [0.29, 0.717) is 6.54 Å². The van der Waals surface area contributed by atoms with Crippen molar-refractivity contribution in [3.8, 4) is 5.75 Å². The number of carbonyl (C=O) groups excluding carboxylic acids is 1. The van der Waals surface area contributed by atoms with Crippen LogP contribution in [0.4, 0.5) is 0 Å². The van der Waals surface area contributed by atoms with E-state index in [1.54, 1.807) is 22.9 Å². The molecule has 0 fully saturated rings. The van der Waals surface area contributed by atoms with Crippen LogP contribution in [-0.4, -0.2) is 34.7 Å². The number of benzene rings is 1. The van der Waals surface area contributed by atoms with Crippen LogP contribution in [0.15, 0.2) is 42.7 Å². The highest BCUT2D eigenvalue weighted by molar-refractivity contribution is 5.78. The molecule has 118 valence electrons. The predicted octanol–water partition coefficient (Wildman–Crippen LogP) is 2.75. The van der Waals surface area contributed by atoms with E-state index in [4.69, 9.17) is 4.74 Å². The van der Waals surface area contributed by atoms with E-state index in [1.165, 1.54) is 0 Å². The molecule has 2 rings (SSSR count). The fraction of sp³-hybridized carbons (Fsp3) is 0.412. The first kappa shape index (κ1) is 16.1. The van der Waals surface area contributed by atoms with Crippen LogP contribution in [0, 0.1) is 5.92 Å². The molecule has 1 heterocycles. The average Bonchev–Trinajstić information content (AvgIpc) is 3.05. The van der Waals surface area contributed by atoms with Gasteiger partial charge in [0.15, 0.2) is 0 Å². The predicted molar refractivity (Wildman–Crippen MR) is 85.6 cm³/mol. The third-order valence-corrected chi connectivity index (χ3v) is 3.96. The molecule has 0 aliphatic carbocycles. The van der Waals surface area contributed by atoms with Crippen molar-refractivity contribution in [1.82, 2.24) is 14.7 Å². The van der Waals surface area contributed by atoms with Crippen LogP contribution in [0.3, 0.4) is 0 Å². The van der Waals surface area contributed by atoms with Gasteiger partial charge in [0.2, 0.25) is 5.91 Å². The molecule has 0 spiro atoms. The zero-order valence-corrected chi connectivity index (χ0v) is 13.6. The molecule has 0 radical (unpaired) electrons. The van der Waals surface area contributed by atoms with Crippen molar-refractivity contribution in [2.45, 2.75) is 26.4 Å². The van der Waals surface area contributed by atoms with Crippen LogP contribution >= 0.6 is 0 Å². The second kappa shape index (κ2) is 7.11. The number of carbonyl (C=O) groups is 1. The lowest BCUT2D eigenvalue weighted by Gasteiger charge is -2.29. The van der Waals surface area contributed by atoms with Crippen LogP contribution < -0.4 is 4.74 Å². The minimum absolute atomic E-state index is 0.0521. The van der Waals surface area contributed by atoms with E-state index in [1.807, 2.05) is 57.4 Å². The second-order valence-corrected chi connectivity index (χ2v) is 5.50. The normalized spacial score (nSPS) is 13.5. The molecule has 1 amide bonds. The zero-order valence-electron chi connectivity index (χ0n) is 13.6. The Hall–Kier alpha value is -2.30. The van der Waals surface area contributed by atoms with Crippen LogP contribution in [-0.2, 0) is 11.3 Å². The van der Waals surface area contributed by atoms with Gasteiger partial charge in [-0.25, -0.2) is 0 Å². The Kier molecular flexibility index (Phi) is 5.20. The zero-order chi connectivity index (χ0) is 16.1. The summed E-state index contributed by atoms with van der Waals surface area (Å²) in [5, 5.41) is 4.15. The average molecular weight is 301 g/mol. The Labute approximate surface area is 131 Å². The number of para-hydroxylation sites is 1. The Bertz CT molecular complexity index is 610. The number of aromatic nitrogens is 2. The molecule has 0 aliphatic rings. The Morgan fingerprint density at radius 2 is 2.05 bits per heavy atom. The van der Waals surface area contributed by atoms with Crippen molar-refractivity contribution in [1.29, 1.82) is 0 Å². The van der Waals surface area contributed by atoms with Crippen molar-refractivity contribution in [2.24, 2.45) is 5.92 Å². The number of ether oxygens (including phenoxy) is 1. The third kappa shape index (κ3) is 3.47. The van der Waals surface area contributed by atoms with E-state index < -0.39 is 0 Å². The Balaban J connectivity index is 2.09. The van der Waals surface area contributed by atoms with Gasteiger partial charge in [-0.1, -0.05) is 25.1 Å². The maximum absolute atomic E-state index is 12.6. The van der Waals surface area contributed by atoms with Gasteiger partial charge in [-0.3, -0.25) is 9.48 Å².